The first-order chi connectivity index (χ1) is 7.88. The molecule has 16 heavy (non-hydrogen) atoms. The number of thiophene rings is 1. The SMILES string of the molecule is CCCN1CCC(NCc2cccs2)CC1. The van der Waals surface area contributed by atoms with E-state index in [4.69, 9.17) is 0 Å². The number of piperidine rings is 1. The van der Waals surface area contributed by atoms with Crippen LogP contribution in [0.25, 0.3) is 0 Å². The van der Waals surface area contributed by atoms with E-state index >= 15 is 0 Å². The summed E-state index contributed by atoms with van der Waals surface area (Å²) in [4.78, 5) is 4.04. The zero-order valence-electron chi connectivity index (χ0n) is 10.1. The van der Waals surface area contributed by atoms with E-state index in [1.807, 2.05) is 11.3 Å². The van der Waals surface area contributed by atoms with Crippen LogP contribution in [0.15, 0.2) is 17.5 Å². The minimum atomic E-state index is 0.732. The van der Waals surface area contributed by atoms with Crippen LogP contribution in [0.1, 0.15) is 31.1 Å². The molecule has 1 aromatic heterocycles. The minimum absolute atomic E-state index is 0.732. The fourth-order valence-electron chi connectivity index (χ4n) is 2.34. The molecule has 0 spiro atoms. The molecule has 0 unspecified atom stereocenters. The molecule has 0 amide bonds. The zero-order chi connectivity index (χ0) is 11.2. The van der Waals surface area contributed by atoms with Crippen LogP contribution in [0, 0.1) is 0 Å². The number of nitrogens with one attached hydrogen (secondary N) is 1. The monoisotopic (exact) mass is 238 g/mol. The van der Waals surface area contributed by atoms with Crippen LogP contribution < -0.4 is 5.32 Å². The highest BCUT2D eigenvalue weighted by Crippen LogP contribution is 2.13. The first-order valence-electron chi connectivity index (χ1n) is 6.36. The van der Waals surface area contributed by atoms with E-state index in [2.05, 4.69) is 34.7 Å². The molecule has 0 radical (unpaired) electrons. The predicted octanol–water partition coefficient (Wildman–Crippen LogP) is 2.71. The molecule has 0 aliphatic carbocycles. The highest BCUT2D eigenvalue weighted by atomic mass is 32.1. The molecule has 90 valence electrons. The molecule has 0 aromatic carbocycles. The molecular formula is C13H22N2S. The highest BCUT2D eigenvalue weighted by Gasteiger charge is 2.17. The van der Waals surface area contributed by atoms with Gasteiger partial charge in [-0.25, -0.2) is 0 Å². The second-order valence-corrected chi connectivity index (χ2v) is 5.61. The van der Waals surface area contributed by atoms with Gasteiger partial charge in [-0.3, -0.25) is 0 Å². The van der Waals surface area contributed by atoms with Gasteiger partial charge in [0.2, 0.25) is 0 Å². The number of likely N-dealkylation sites (tertiary alicyclic amines) is 1. The van der Waals surface area contributed by atoms with Gasteiger partial charge in [-0.15, -0.1) is 11.3 Å². The molecule has 2 nitrogen and oxygen atoms in total. The maximum absolute atomic E-state index is 3.67. The molecule has 2 heterocycles. The predicted molar refractivity (Wildman–Crippen MR) is 70.9 cm³/mol. The van der Waals surface area contributed by atoms with Gasteiger partial charge in [0.05, 0.1) is 0 Å². The Labute approximate surface area is 103 Å². The molecule has 0 atom stereocenters. The van der Waals surface area contributed by atoms with Gasteiger partial charge in [-0.2, -0.15) is 0 Å². The summed E-state index contributed by atoms with van der Waals surface area (Å²) in [7, 11) is 0. The van der Waals surface area contributed by atoms with Crippen LogP contribution in [0.3, 0.4) is 0 Å². The summed E-state index contributed by atoms with van der Waals surface area (Å²) in [5, 5.41) is 5.82. The average Bonchev–Trinajstić information content (AvgIpc) is 2.82. The second-order valence-electron chi connectivity index (χ2n) is 4.58. The number of nitrogens with zero attached hydrogens (tertiary/aromatic N) is 1. The minimum Gasteiger partial charge on any atom is -0.309 e. The molecule has 0 saturated carbocycles. The summed E-state index contributed by atoms with van der Waals surface area (Å²) in [6.07, 6.45) is 3.91. The van der Waals surface area contributed by atoms with Crippen molar-refractivity contribution < 1.29 is 0 Å². The molecule has 1 N–H and O–H groups in total. The van der Waals surface area contributed by atoms with Crippen LogP contribution >= 0.6 is 11.3 Å². The number of rotatable bonds is 5. The smallest absolute Gasteiger partial charge is 0.0302 e. The molecule has 1 saturated heterocycles. The van der Waals surface area contributed by atoms with Crippen molar-refractivity contribution in [3.8, 4) is 0 Å². The van der Waals surface area contributed by atoms with Gasteiger partial charge in [0.15, 0.2) is 0 Å². The van der Waals surface area contributed by atoms with Crippen molar-refractivity contribution in [2.24, 2.45) is 0 Å². The lowest BCUT2D eigenvalue weighted by molar-refractivity contribution is 0.197. The van der Waals surface area contributed by atoms with E-state index in [1.54, 1.807) is 0 Å². The Balaban J connectivity index is 1.65. The maximum Gasteiger partial charge on any atom is 0.0302 e. The quantitative estimate of drug-likeness (QED) is 0.848. The average molecular weight is 238 g/mol. The van der Waals surface area contributed by atoms with Crippen molar-refractivity contribution in [2.75, 3.05) is 19.6 Å². The van der Waals surface area contributed by atoms with Crippen LogP contribution in [0.5, 0.6) is 0 Å². The Kier molecular flexibility index (Phi) is 4.82. The fraction of sp³-hybridized carbons (Fsp3) is 0.692. The molecule has 3 heteroatoms. The van der Waals surface area contributed by atoms with Gasteiger partial charge in [0.1, 0.15) is 0 Å². The van der Waals surface area contributed by atoms with E-state index in [9.17, 15) is 0 Å². The van der Waals surface area contributed by atoms with E-state index in [0.29, 0.717) is 0 Å². The van der Waals surface area contributed by atoms with Crippen molar-refractivity contribution in [2.45, 2.75) is 38.8 Å². The molecular weight excluding hydrogens is 216 g/mol. The van der Waals surface area contributed by atoms with Crippen molar-refractivity contribution >= 4 is 11.3 Å². The third-order valence-electron chi connectivity index (χ3n) is 3.27. The lowest BCUT2D eigenvalue weighted by atomic mass is 10.0. The zero-order valence-corrected chi connectivity index (χ0v) is 10.9. The summed E-state index contributed by atoms with van der Waals surface area (Å²) in [6.45, 7) is 7.14. The van der Waals surface area contributed by atoms with Crippen LogP contribution in [0.2, 0.25) is 0 Å². The van der Waals surface area contributed by atoms with Gasteiger partial charge in [0.25, 0.3) is 0 Å². The largest absolute Gasteiger partial charge is 0.309 e. The summed E-state index contributed by atoms with van der Waals surface area (Å²) in [5.41, 5.74) is 0. The van der Waals surface area contributed by atoms with Gasteiger partial charge >= 0.3 is 0 Å². The van der Waals surface area contributed by atoms with Crippen molar-refractivity contribution in [3.05, 3.63) is 22.4 Å². The Morgan fingerprint density at radius 2 is 2.25 bits per heavy atom. The Bertz CT molecular complexity index is 276. The number of hydrogen-bond acceptors (Lipinski definition) is 3. The second kappa shape index (κ2) is 6.38. The maximum atomic E-state index is 3.67. The van der Waals surface area contributed by atoms with Crippen molar-refractivity contribution in [1.82, 2.24) is 10.2 Å². The van der Waals surface area contributed by atoms with Crippen molar-refractivity contribution in [1.29, 1.82) is 0 Å². The standard InChI is InChI=1S/C13H22N2S/c1-2-7-15-8-5-12(6-9-15)14-11-13-4-3-10-16-13/h3-4,10,12,14H,2,5-9,11H2,1H3. The topological polar surface area (TPSA) is 15.3 Å². The van der Waals surface area contributed by atoms with Crippen LogP contribution in [-0.4, -0.2) is 30.6 Å². The molecule has 1 aromatic rings. The van der Waals surface area contributed by atoms with Gasteiger partial charge in [-0.1, -0.05) is 13.0 Å². The molecule has 2 rings (SSSR count). The Morgan fingerprint density at radius 3 is 2.88 bits per heavy atom. The van der Waals surface area contributed by atoms with E-state index in [0.717, 1.165) is 12.6 Å². The Hall–Kier alpha value is -0.380. The third kappa shape index (κ3) is 3.58. The van der Waals surface area contributed by atoms with Gasteiger partial charge in [0, 0.05) is 17.5 Å². The summed E-state index contributed by atoms with van der Waals surface area (Å²) in [5.74, 6) is 0. The molecule has 1 aliphatic rings. The van der Waals surface area contributed by atoms with Crippen LogP contribution in [0.4, 0.5) is 0 Å². The number of hydrogen-bond donors (Lipinski definition) is 1. The third-order valence-corrected chi connectivity index (χ3v) is 4.15. The highest BCUT2D eigenvalue weighted by molar-refractivity contribution is 7.09. The summed E-state index contributed by atoms with van der Waals surface area (Å²) in [6, 6.07) is 5.07. The lowest BCUT2D eigenvalue weighted by Gasteiger charge is -2.32. The molecule has 1 fully saturated rings. The van der Waals surface area contributed by atoms with E-state index < -0.39 is 0 Å². The van der Waals surface area contributed by atoms with Gasteiger partial charge in [-0.05, 0) is 50.3 Å². The fourth-order valence-corrected chi connectivity index (χ4v) is 2.99. The molecule has 0 bridgehead atoms. The van der Waals surface area contributed by atoms with E-state index in [-0.39, 0.29) is 0 Å². The normalized spacial score (nSPS) is 19.1. The lowest BCUT2D eigenvalue weighted by Crippen LogP contribution is -2.42. The van der Waals surface area contributed by atoms with Crippen LogP contribution in [-0.2, 0) is 6.54 Å². The van der Waals surface area contributed by atoms with Crippen molar-refractivity contribution in [3.63, 3.8) is 0 Å². The first kappa shape index (κ1) is 12.1. The summed E-state index contributed by atoms with van der Waals surface area (Å²) < 4.78 is 0. The summed E-state index contributed by atoms with van der Waals surface area (Å²) >= 11 is 1.85. The Morgan fingerprint density at radius 1 is 1.44 bits per heavy atom. The first-order valence-corrected chi connectivity index (χ1v) is 7.24. The van der Waals surface area contributed by atoms with Gasteiger partial charge < -0.3 is 10.2 Å². The van der Waals surface area contributed by atoms with E-state index in [1.165, 1.54) is 43.8 Å². The molecule has 1 aliphatic heterocycles.